The maximum Gasteiger partial charge on any atom is 0.203 e. The third-order valence-electron chi connectivity index (χ3n) is 5.99. The molecule has 0 aromatic carbocycles. The zero-order chi connectivity index (χ0) is 23.9. The van der Waals surface area contributed by atoms with Crippen LogP contribution < -0.4 is 10.4 Å². The number of carbonyl (C=O) groups excluding carboxylic acids is 1. The molecule has 0 aromatic heterocycles. The molecule has 8 heteroatoms. The van der Waals surface area contributed by atoms with Crippen molar-refractivity contribution in [3.05, 3.63) is 0 Å². The van der Waals surface area contributed by atoms with Crippen molar-refractivity contribution in [2.45, 2.75) is 141 Å². The molecule has 0 aliphatic carbocycles. The molecule has 0 saturated heterocycles. The predicted molar refractivity (Wildman–Crippen MR) is 141 cm³/mol. The molecule has 32 heavy (non-hydrogen) atoms. The van der Waals surface area contributed by atoms with E-state index in [4.69, 9.17) is 10.2 Å². The summed E-state index contributed by atoms with van der Waals surface area (Å²) in [6.07, 6.45) is 19.7. The second kappa shape index (κ2) is 24.4. The van der Waals surface area contributed by atoms with E-state index in [9.17, 15) is 9.90 Å². The van der Waals surface area contributed by atoms with Crippen LogP contribution in [-0.2, 0) is 4.79 Å². The Morgan fingerprint density at radius 3 is 1.47 bits per heavy atom. The second-order valence-corrected chi connectivity index (χ2v) is 9.81. The summed E-state index contributed by atoms with van der Waals surface area (Å²) in [5.41, 5.74) is 0. The highest BCUT2D eigenvalue weighted by Gasteiger charge is 2.11. The Hall–Kier alpha value is 0.250. The van der Waals surface area contributed by atoms with Crippen LogP contribution >= 0.6 is 22.0 Å². The molecule has 192 valence electrons. The van der Waals surface area contributed by atoms with Crippen LogP contribution in [0.2, 0.25) is 0 Å². The van der Waals surface area contributed by atoms with Gasteiger partial charge in [0.2, 0.25) is 5.12 Å². The number of hydrogen-bond donors (Lipinski definition) is 6. The summed E-state index contributed by atoms with van der Waals surface area (Å²) >= 11 is 3.86. The van der Waals surface area contributed by atoms with Gasteiger partial charge in [-0.1, -0.05) is 92.9 Å². The van der Waals surface area contributed by atoms with Gasteiger partial charge in [0.15, 0.2) is 6.29 Å². The van der Waals surface area contributed by atoms with Gasteiger partial charge in [0.1, 0.15) is 6.23 Å². The van der Waals surface area contributed by atoms with Crippen molar-refractivity contribution >= 4 is 27.1 Å². The van der Waals surface area contributed by atoms with Crippen LogP contribution in [0.1, 0.15) is 122 Å². The molecule has 3 unspecified atom stereocenters. The van der Waals surface area contributed by atoms with Crippen molar-refractivity contribution in [2.24, 2.45) is 0 Å². The van der Waals surface area contributed by atoms with E-state index in [2.05, 4.69) is 32.4 Å². The SMILES string of the molecule is O=C(S)C(CCCCNC(O)CCCCCCCCCCCCCCCCC(O)O)NP. The van der Waals surface area contributed by atoms with Gasteiger partial charge in [-0.15, -0.1) is 12.6 Å². The normalized spacial score (nSPS) is 13.6. The van der Waals surface area contributed by atoms with E-state index >= 15 is 0 Å². The molecule has 0 aliphatic heterocycles. The Kier molecular flexibility index (Phi) is 24.6. The first-order valence-corrected chi connectivity index (χ1v) is 14.0. The van der Waals surface area contributed by atoms with E-state index in [1.807, 2.05) is 0 Å². The molecule has 0 saturated carbocycles. The van der Waals surface area contributed by atoms with Crippen molar-refractivity contribution in [3.63, 3.8) is 0 Å². The van der Waals surface area contributed by atoms with Gasteiger partial charge in [0.25, 0.3) is 0 Å². The average molecular weight is 495 g/mol. The first-order chi connectivity index (χ1) is 15.5. The molecule has 0 aliphatic rings. The van der Waals surface area contributed by atoms with E-state index in [0.717, 1.165) is 51.5 Å². The molecule has 0 heterocycles. The lowest BCUT2D eigenvalue weighted by molar-refractivity contribution is -0.112. The van der Waals surface area contributed by atoms with Gasteiger partial charge in [-0.2, -0.15) is 0 Å². The molecule has 3 atom stereocenters. The van der Waals surface area contributed by atoms with Gasteiger partial charge in [-0.3, -0.25) is 15.2 Å². The molecule has 0 amide bonds. The van der Waals surface area contributed by atoms with E-state index in [0.29, 0.717) is 6.42 Å². The fourth-order valence-electron chi connectivity index (χ4n) is 3.91. The molecule has 6 nitrogen and oxygen atoms in total. The Morgan fingerprint density at radius 1 is 0.656 bits per heavy atom. The van der Waals surface area contributed by atoms with Crippen LogP contribution in [0.4, 0.5) is 0 Å². The summed E-state index contributed by atoms with van der Waals surface area (Å²) in [6.45, 7) is 0.777. The summed E-state index contributed by atoms with van der Waals surface area (Å²) in [6, 6.07) is -0.205. The van der Waals surface area contributed by atoms with Crippen molar-refractivity contribution in [1.82, 2.24) is 10.4 Å². The smallest absolute Gasteiger partial charge is 0.203 e. The van der Waals surface area contributed by atoms with Gasteiger partial charge >= 0.3 is 0 Å². The van der Waals surface area contributed by atoms with Crippen molar-refractivity contribution in [2.75, 3.05) is 6.54 Å². The fourth-order valence-corrected chi connectivity index (χ4v) is 4.57. The van der Waals surface area contributed by atoms with Gasteiger partial charge in [-0.05, 0) is 45.1 Å². The minimum absolute atomic E-state index is 0.131. The van der Waals surface area contributed by atoms with Crippen LogP contribution in [0, 0.1) is 0 Å². The lowest BCUT2D eigenvalue weighted by Gasteiger charge is -2.14. The average Bonchev–Trinajstić information content (AvgIpc) is 2.75. The van der Waals surface area contributed by atoms with E-state index in [1.165, 1.54) is 70.6 Å². The molecule has 0 rings (SSSR count). The zero-order valence-corrected chi connectivity index (χ0v) is 22.2. The largest absolute Gasteiger partial charge is 0.379 e. The quantitative estimate of drug-likeness (QED) is 0.0471. The molecule has 0 radical (unpaired) electrons. The Morgan fingerprint density at radius 2 is 1.06 bits per heavy atom. The maximum absolute atomic E-state index is 11.2. The molecular formula is C24H51N2O4PS. The molecular weight excluding hydrogens is 443 g/mol. The third-order valence-corrected chi connectivity index (χ3v) is 6.70. The number of unbranched alkanes of at least 4 members (excludes halogenated alkanes) is 14. The Balaban J connectivity index is 3.24. The number of aliphatic hydroxyl groups is 3. The monoisotopic (exact) mass is 494 g/mol. The number of rotatable bonds is 25. The third kappa shape index (κ3) is 23.4. The minimum atomic E-state index is -1.13. The van der Waals surface area contributed by atoms with Crippen LogP contribution in [0.15, 0.2) is 0 Å². The number of nitrogens with one attached hydrogen (secondary N) is 2. The number of aliphatic hydroxyl groups excluding tert-OH is 2. The number of hydrogen-bond acceptors (Lipinski definition) is 6. The summed E-state index contributed by atoms with van der Waals surface area (Å²) in [5, 5.41) is 33.5. The van der Waals surface area contributed by atoms with E-state index in [-0.39, 0.29) is 11.2 Å². The summed E-state index contributed by atoms with van der Waals surface area (Å²) in [7, 11) is 2.37. The van der Waals surface area contributed by atoms with Crippen molar-refractivity contribution in [3.8, 4) is 0 Å². The predicted octanol–water partition coefficient (Wildman–Crippen LogP) is 4.82. The van der Waals surface area contributed by atoms with Crippen LogP contribution in [0.5, 0.6) is 0 Å². The number of thiol groups is 1. The summed E-state index contributed by atoms with van der Waals surface area (Å²) in [5.74, 6) is 0. The Labute approximate surface area is 204 Å². The topological polar surface area (TPSA) is 102 Å². The minimum Gasteiger partial charge on any atom is -0.379 e. The molecule has 0 aromatic rings. The van der Waals surface area contributed by atoms with Gasteiger partial charge in [0.05, 0.1) is 6.04 Å². The van der Waals surface area contributed by atoms with Gasteiger partial charge < -0.3 is 15.3 Å². The zero-order valence-electron chi connectivity index (χ0n) is 20.1. The van der Waals surface area contributed by atoms with Gasteiger partial charge in [0, 0.05) is 0 Å². The van der Waals surface area contributed by atoms with Crippen molar-refractivity contribution < 1.29 is 20.1 Å². The maximum atomic E-state index is 11.2. The summed E-state index contributed by atoms with van der Waals surface area (Å²) in [4.78, 5) is 11.2. The summed E-state index contributed by atoms with van der Waals surface area (Å²) < 4.78 is 0. The first-order valence-electron chi connectivity index (χ1n) is 12.9. The van der Waals surface area contributed by atoms with E-state index < -0.39 is 12.5 Å². The fraction of sp³-hybridized carbons (Fsp3) is 0.958. The highest BCUT2D eigenvalue weighted by atomic mass is 32.1. The van der Waals surface area contributed by atoms with Crippen LogP contribution in [0.3, 0.4) is 0 Å². The first kappa shape index (κ1) is 32.2. The van der Waals surface area contributed by atoms with Crippen LogP contribution in [0.25, 0.3) is 0 Å². The van der Waals surface area contributed by atoms with Gasteiger partial charge in [-0.25, -0.2) is 0 Å². The van der Waals surface area contributed by atoms with Crippen LogP contribution in [-0.4, -0.2) is 45.5 Å². The molecule has 0 bridgehead atoms. The number of carbonyl (C=O) groups is 1. The molecule has 5 N–H and O–H groups in total. The second-order valence-electron chi connectivity index (χ2n) is 9.03. The van der Waals surface area contributed by atoms with Crippen molar-refractivity contribution in [1.29, 1.82) is 0 Å². The molecule has 0 spiro atoms. The lowest BCUT2D eigenvalue weighted by atomic mass is 10.0. The molecule has 0 fully saturated rings. The highest BCUT2D eigenvalue weighted by Crippen LogP contribution is 2.14. The Bertz CT molecular complexity index is 419. The van der Waals surface area contributed by atoms with E-state index in [1.54, 1.807) is 0 Å². The lowest BCUT2D eigenvalue weighted by Crippen LogP contribution is -2.30. The highest BCUT2D eigenvalue weighted by molar-refractivity contribution is 7.96. The standard InChI is InChI=1S/C24H51N2O4PS/c27-22(25-20-16-15-17-21(26-31)24(30)32)18-13-11-9-7-5-3-1-2-4-6-8-10-12-14-19-23(28)29/h21-23,25-29H,1-20,31H2,(H,30,32).